The number of alkyl halides is 2. The number of hydroxylamine groups is 1. The van der Waals surface area contributed by atoms with Crippen molar-refractivity contribution in [3.63, 3.8) is 0 Å². The molecule has 2 unspecified atom stereocenters. The van der Waals surface area contributed by atoms with Crippen LogP contribution in [-0.2, 0) is 9.59 Å². The molecule has 4 N–H and O–H groups in total. The van der Waals surface area contributed by atoms with E-state index >= 15 is 0 Å². The average molecular weight is 368 g/mol. The quantitative estimate of drug-likeness (QED) is 0.330. The van der Waals surface area contributed by atoms with E-state index in [2.05, 4.69) is 17.2 Å². The number of hydrogen-bond donors (Lipinski definition) is 4. The third-order valence-electron chi connectivity index (χ3n) is 3.45. The number of carboxylic acids is 1. The van der Waals surface area contributed by atoms with Crippen LogP contribution in [0.25, 0.3) is 0 Å². The van der Waals surface area contributed by atoms with E-state index in [1.807, 2.05) is 0 Å². The lowest BCUT2D eigenvalue weighted by atomic mass is 10.0. The molecule has 140 valence electrons. The van der Waals surface area contributed by atoms with Gasteiger partial charge in [-0.3, -0.25) is 19.6 Å². The van der Waals surface area contributed by atoms with Gasteiger partial charge in [0.1, 0.15) is 6.04 Å². The van der Waals surface area contributed by atoms with E-state index in [-0.39, 0.29) is 18.4 Å². The Hall–Kier alpha value is -2.99. The SMILES string of the molecule is CC(C(F)F)C(NC(=O)c1ccc(C#CCCC(=O)O)cc1)C(=O)NO. The van der Waals surface area contributed by atoms with Crippen LogP contribution >= 0.6 is 0 Å². The Labute approximate surface area is 148 Å². The van der Waals surface area contributed by atoms with E-state index in [9.17, 15) is 23.2 Å². The number of carbonyl (C=O) groups excluding carboxylic acids is 2. The number of hydrogen-bond acceptors (Lipinski definition) is 4. The van der Waals surface area contributed by atoms with Gasteiger partial charge in [-0.2, -0.15) is 0 Å². The minimum Gasteiger partial charge on any atom is -0.481 e. The molecule has 1 aromatic rings. The number of amides is 2. The molecule has 0 aliphatic carbocycles. The van der Waals surface area contributed by atoms with Crippen molar-refractivity contribution in [3.8, 4) is 11.8 Å². The summed E-state index contributed by atoms with van der Waals surface area (Å²) in [5.74, 6) is 1.02. The maximum absolute atomic E-state index is 12.8. The molecule has 0 aliphatic heterocycles. The van der Waals surface area contributed by atoms with Crippen LogP contribution in [0.5, 0.6) is 0 Å². The summed E-state index contributed by atoms with van der Waals surface area (Å²) in [5, 5.41) is 19.3. The second-order valence-electron chi connectivity index (χ2n) is 5.39. The average Bonchev–Trinajstić information content (AvgIpc) is 2.62. The van der Waals surface area contributed by atoms with Crippen molar-refractivity contribution < 1.29 is 33.5 Å². The molecule has 0 heterocycles. The summed E-state index contributed by atoms with van der Waals surface area (Å²) in [6.45, 7) is 1.07. The number of halogens is 2. The molecular weight excluding hydrogens is 350 g/mol. The zero-order valence-corrected chi connectivity index (χ0v) is 13.8. The lowest BCUT2D eigenvalue weighted by Crippen LogP contribution is -2.51. The molecule has 1 aromatic carbocycles. The highest BCUT2D eigenvalue weighted by molar-refractivity contribution is 5.97. The van der Waals surface area contributed by atoms with Gasteiger partial charge < -0.3 is 10.4 Å². The molecule has 0 aliphatic rings. The Morgan fingerprint density at radius 3 is 2.31 bits per heavy atom. The Bertz CT molecular complexity index is 710. The first-order valence-electron chi connectivity index (χ1n) is 7.60. The Balaban J connectivity index is 2.79. The van der Waals surface area contributed by atoms with E-state index < -0.39 is 36.2 Å². The third kappa shape index (κ3) is 6.49. The minimum absolute atomic E-state index is 0.0792. The Morgan fingerprint density at radius 1 is 1.19 bits per heavy atom. The fourth-order valence-corrected chi connectivity index (χ4v) is 1.91. The monoisotopic (exact) mass is 368 g/mol. The molecule has 0 saturated heterocycles. The normalized spacial score (nSPS) is 12.5. The van der Waals surface area contributed by atoms with E-state index in [1.165, 1.54) is 29.7 Å². The molecule has 1 rings (SSSR count). The topological polar surface area (TPSA) is 116 Å². The van der Waals surface area contributed by atoms with Crippen molar-refractivity contribution in [2.45, 2.75) is 32.2 Å². The number of aliphatic carboxylic acids is 1. The van der Waals surface area contributed by atoms with Crippen molar-refractivity contribution in [1.82, 2.24) is 10.8 Å². The van der Waals surface area contributed by atoms with Crippen LogP contribution in [-0.4, -0.2) is 40.6 Å². The van der Waals surface area contributed by atoms with E-state index in [0.717, 1.165) is 6.92 Å². The van der Waals surface area contributed by atoms with E-state index in [0.29, 0.717) is 5.56 Å². The largest absolute Gasteiger partial charge is 0.481 e. The number of nitrogens with one attached hydrogen (secondary N) is 2. The van der Waals surface area contributed by atoms with Crippen molar-refractivity contribution in [2.75, 3.05) is 0 Å². The first kappa shape index (κ1) is 21.1. The maximum atomic E-state index is 12.8. The number of carboxylic acid groups (broad SMARTS) is 1. The zero-order chi connectivity index (χ0) is 19.7. The van der Waals surface area contributed by atoms with E-state index in [1.54, 1.807) is 0 Å². The molecule has 26 heavy (non-hydrogen) atoms. The summed E-state index contributed by atoms with van der Waals surface area (Å²) in [5.41, 5.74) is 1.91. The van der Waals surface area contributed by atoms with Crippen LogP contribution in [0.2, 0.25) is 0 Å². The Kier molecular flexibility index (Phi) is 8.18. The highest BCUT2D eigenvalue weighted by atomic mass is 19.3. The van der Waals surface area contributed by atoms with Gasteiger partial charge in [0.2, 0.25) is 6.43 Å². The number of carbonyl (C=O) groups is 3. The summed E-state index contributed by atoms with van der Waals surface area (Å²) in [6.07, 6.45) is -2.77. The first-order valence-corrected chi connectivity index (χ1v) is 7.60. The third-order valence-corrected chi connectivity index (χ3v) is 3.45. The smallest absolute Gasteiger partial charge is 0.304 e. The van der Waals surface area contributed by atoms with Crippen LogP contribution in [0.3, 0.4) is 0 Å². The summed E-state index contributed by atoms with van der Waals surface area (Å²) in [4.78, 5) is 34.0. The number of rotatable bonds is 7. The molecule has 0 spiro atoms. The lowest BCUT2D eigenvalue weighted by molar-refractivity contribution is -0.137. The minimum atomic E-state index is -2.87. The second-order valence-corrected chi connectivity index (χ2v) is 5.39. The Morgan fingerprint density at radius 2 is 1.81 bits per heavy atom. The fraction of sp³-hybridized carbons (Fsp3) is 0.353. The highest BCUT2D eigenvalue weighted by Gasteiger charge is 2.32. The predicted octanol–water partition coefficient (Wildman–Crippen LogP) is 1.41. The lowest BCUT2D eigenvalue weighted by Gasteiger charge is -2.22. The molecule has 0 aromatic heterocycles. The van der Waals surface area contributed by atoms with Crippen LogP contribution < -0.4 is 10.8 Å². The first-order chi connectivity index (χ1) is 12.3. The molecule has 2 amide bonds. The molecule has 0 radical (unpaired) electrons. The zero-order valence-electron chi connectivity index (χ0n) is 13.8. The van der Waals surface area contributed by atoms with E-state index in [4.69, 9.17) is 10.3 Å². The van der Waals surface area contributed by atoms with Crippen LogP contribution in [0.4, 0.5) is 8.78 Å². The van der Waals surface area contributed by atoms with Crippen molar-refractivity contribution >= 4 is 17.8 Å². The summed E-state index contributed by atoms with van der Waals surface area (Å²) in [6, 6.07) is 4.17. The van der Waals surface area contributed by atoms with Gasteiger partial charge in [0.15, 0.2) is 0 Å². The van der Waals surface area contributed by atoms with Gasteiger partial charge >= 0.3 is 5.97 Å². The van der Waals surface area contributed by atoms with Gasteiger partial charge in [0.25, 0.3) is 11.8 Å². The second kappa shape index (κ2) is 10.1. The predicted molar refractivity (Wildman–Crippen MR) is 86.5 cm³/mol. The summed E-state index contributed by atoms with van der Waals surface area (Å²) < 4.78 is 25.6. The molecule has 0 fully saturated rings. The van der Waals surface area contributed by atoms with Crippen LogP contribution in [0.15, 0.2) is 24.3 Å². The van der Waals surface area contributed by atoms with Crippen molar-refractivity contribution in [3.05, 3.63) is 35.4 Å². The molecule has 2 atom stereocenters. The van der Waals surface area contributed by atoms with Crippen LogP contribution in [0.1, 0.15) is 35.7 Å². The van der Waals surface area contributed by atoms with Gasteiger partial charge in [-0.1, -0.05) is 18.8 Å². The molecule has 9 heteroatoms. The summed E-state index contributed by atoms with van der Waals surface area (Å²) >= 11 is 0. The van der Waals surface area contributed by atoms with Crippen LogP contribution in [0, 0.1) is 17.8 Å². The van der Waals surface area contributed by atoms with Gasteiger partial charge in [-0.05, 0) is 24.3 Å². The van der Waals surface area contributed by atoms with Gasteiger partial charge in [0, 0.05) is 23.5 Å². The standard InChI is InChI=1S/C17H18F2N2O5/c1-10(15(18)19)14(17(25)21-26)20-16(24)12-8-6-11(7-9-12)4-2-3-5-13(22)23/h6-10,14-15,26H,3,5H2,1H3,(H,20,24)(H,21,25)(H,22,23). The molecular formula is C17H18F2N2O5. The molecule has 7 nitrogen and oxygen atoms in total. The highest BCUT2D eigenvalue weighted by Crippen LogP contribution is 2.15. The maximum Gasteiger partial charge on any atom is 0.304 e. The molecule has 0 bridgehead atoms. The molecule has 0 saturated carbocycles. The summed E-state index contributed by atoms with van der Waals surface area (Å²) in [7, 11) is 0. The van der Waals surface area contributed by atoms with Crippen molar-refractivity contribution in [2.24, 2.45) is 5.92 Å². The van der Waals surface area contributed by atoms with Gasteiger partial charge in [0.05, 0.1) is 6.42 Å². The van der Waals surface area contributed by atoms with Crippen molar-refractivity contribution in [1.29, 1.82) is 0 Å². The van der Waals surface area contributed by atoms with Gasteiger partial charge in [-0.25, -0.2) is 14.3 Å². The fourth-order valence-electron chi connectivity index (χ4n) is 1.91. The van der Waals surface area contributed by atoms with Gasteiger partial charge in [-0.15, -0.1) is 0 Å². The number of benzene rings is 1.